The van der Waals surface area contributed by atoms with Gasteiger partial charge in [-0.25, -0.2) is 18.3 Å². The van der Waals surface area contributed by atoms with Crippen molar-refractivity contribution in [2.75, 3.05) is 0 Å². The van der Waals surface area contributed by atoms with Crippen LogP contribution in [0.25, 0.3) is 0 Å². The van der Waals surface area contributed by atoms with Gasteiger partial charge in [-0.3, -0.25) is 10.0 Å². The predicted molar refractivity (Wildman–Crippen MR) is 89.4 cm³/mol. The zero-order valence-corrected chi connectivity index (χ0v) is 14.4. The number of ether oxygens (including phenoxy) is 1. The standard InChI is InChI=1S/C17H17FN2O5S/c18-13-3-1-12(2-4-13)11-25-14-5-7-15(8-6-14)26(23,24)20-17(9-10-17)16(21)19-22/h1-8,20,22H,9-11H2,(H,19,21). The third kappa shape index (κ3) is 4.01. The highest BCUT2D eigenvalue weighted by atomic mass is 32.2. The van der Waals surface area contributed by atoms with E-state index >= 15 is 0 Å². The van der Waals surface area contributed by atoms with E-state index in [-0.39, 0.29) is 17.3 Å². The summed E-state index contributed by atoms with van der Waals surface area (Å²) in [6.45, 7) is 0.213. The fourth-order valence-corrected chi connectivity index (χ4v) is 3.81. The summed E-state index contributed by atoms with van der Waals surface area (Å²) < 4.78 is 45.5. The minimum atomic E-state index is -3.92. The highest BCUT2D eigenvalue weighted by molar-refractivity contribution is 7.89. The Balaban J connectivity index is 1.65. The molecule has 2 aromatic carbocycles. The van der Waals surface area contributed by atoms with Crippen molar-refractivity contribution in [3.05, 3.63) is 59.9 Å². The molecular weight excluding hydrogens is 363 g/mol. The smallest absolute Gasteiger partial charge is 0.264 e. The van der Waals surface area contributed by atoms with Gasteiger partial charge < -0.3 is 4.74 Å². The van der Waals surface area contributed by atoms with Crippen LogP contribution < -0.4 is 14.9 Å². The molecule has 0 heterocycles. The average Bonchev–Trinajstić information content (AvgIpc) is 3.41. The molecule has 7 nitrogen and oxygen atoms in total. The van der Waals surface area contributed by atoms with E-state index in [1.165, 1.54) is 41.9 Å². The van der Waals surface area contributed by atoms with Crippen LogP contribution in [0.2, 0.25) is 0 Å². The van der Waals surface area contributed by atoms with Crippen molar-refractivity contribution in [1.82, 2.24) is 10.2 Å². The van der Waals surface area contributed by atoms with Crippen LogP contribution >= 0.6 is 0 Å². The number of rotatable bonds is 7. The van der Waals surface area contributed by atoms with Gasteiger partial charge in [-0.05, 0) is 54.8 Å². The first-order valence-corrected chi connectivity index (χ1v) is 9.29. The van der Waals surface area contributed by atoms with Gasteiger partial charge in [0, 0.05) is 0 Å². The maximum absolute atomic E-state index is 12.9. The summed E-state index contributed by atoms with van der Waals surface area (Å²) in [5, 5.41) is 8.71. The van der Waals surface area contributed by atoms with E-state index in [1.807, 2.05) is 0 Å². The number of amides is 1. The highest BCUT2D eigenvalue weighted by Gasteiger charge is 2.52. The first-order chi connectivity index (χ1) is 12.3. The maximum Gasteiger partial charge on any atom is 0.264 e. The van der Waals surface area contributed by atoms with E-state index in [1.54, 1.807) is 12.1 Å². The molecule has 1 amide bonds. The van der Waals surface area contributed by atoms with Gasteiger partial charge in [0.2, 0.25) is 10.0 Å². The molecule has 1 aliphatic rings. The lowest BCUT2D eigenvalue weighted by Gasteiger charge is -2.15. The number of hydroxylamine groups is 1. The lowest BCUT2D eigenvalue weighted by atomic mass is 10.2. The zero-order chi connectivity index (χ0) is 18.8. The van der Waals surface area contributed by atoms with Crippen molar-refractivity contribution in [3.63, 3.8) is 0 Å². The van der Waals surface area contributed by atoms with Gasteiger partial charge in [0.15, 0.2) is 0 Å². The van der Waals surface area contributed by atoms with Crippen LogP contribution in [-0.2, 0) is 21.4 Å². The van der Waals surface area contributed by atoms with E-state index in [9.17, 15) is 17.6 Å². The van der Waals surface area contributed by atoms with Gasteiger partial charge >= 0.3 is 0 Å². The second-order valence-electron chi connectivity index (χ2n) is 6.02. The third-order valence-electron chi connectivity index (χ3n) is 4.07. The molecule has 1 fully saturated rings. The average molecular weight is 380 g/mol. The first kappa shape index (κ1) is 18.3. The van der Waals surface area contributed by atoms with E-state index in [2.05, 4.69) is 4.72 Å². The Morgan fingerprint density at radius 1 is 1.12 bits per heavy atom. The SMILES string of the molecule is O=C(NO)C1(NS(=O)(=O)c2ccc(OCc3ccc(F)cc3)cc2)CC1. The summed E-state index contributed by atoms with van der Waals surface area (Å²) in [5.74, 6) is -0.665. The molecule has 0 radical (unpaired) electrons. The summed E-state index contributed by atoms with van der Waals surface area (Å²) in [5.41, 5.74) is 0.965. The second-order valence-corrected chi connectivity index (χ2v) is 7.70. The van der Waals surface area contributed by atoms with Crippen molar-refractivity contribution < 1.29 is 27.5 Å². The minimum Gasteiger partial charge on any atom is -0.489 e. The van der Waals surface area contributed by atoms with E-state index in [0.29, 0.717) is 18.6 Å². The van der Waals surface area contributed by atoms with Gasteiger partial charge in [-0.1, -0.05) is 12.1 Å². The van der Waals surface area contributed by atoms with Gasteiger partial charge in [-0.2, -0.15) is 4.72 Å². The molecule has 26 heavy (non-hydrogen) atoms. The van der Waals surface area contributed by atoms with Crippen LogP contribution in [0.15, 0.2) is 53.4 Å². The number of benzene rings is 2. The quantitative estimate of drug-likeness (QED) is 0.501. The van der Waals surface area contributed by atoms with Gasteiger partial charge in [0.1, 0.15) is 23.7 Å². The Morgan fingerprint density at radius 2 is 1.73 bits per heavy atom. The molecule has 3 rings (SSSR count). The lowest BCUT2D eigenvalue weighted by Crippen LogP contribution is -2.48. The summed E-state index contributed by atoms with van der Waals surface area (Å²) in [6.07, 6.45) is 0.634. The van der Waals surface area contributed by atoms with E-state index in [4.69, 9.17) is 9.94 Å². The Labute approximate surface area is 149 Å². The van der Waals surface area contributed by atoms with Gasteiger partial charge in [-0.15, -0.1) is 0 Å². The van der Waals surface area contributed by atoms with Crippen molar-refractivity contribution in [2.24, 2.45) is 0 Å². The number of sulfonamides is 1. The monoisotopic (exact) mass is 380 g/mol. The molecule has 0 spiro atoms. The first-order valence-electron chi connectivity index (χ1n) is 7.80. The van der Waals surface area contributed by atoms with Gasteiger partial charge in [0.25, 0.3) is 5.91 Å². The van der Waals surface area contributed by atoms with Gasteiger partial charge in [0.05, 0.1) is 4.90 Å². The molecule has 9 heteroatoms. The third-order valence-corrected chi connectivity index (χ3v) is 5.62. The molecule has 0 saturated heterocycles. The minimum absolute atomic E-state index is 0.0244. The number of carbonyl (C=O) groups excluding carboxylic acids is 1. The Kier molecular flexibility index (Phi) is 4.94. The van der Waals surface area contributed by atoms with Crippen molar-refractivity contribution in [2.45, 2.75) is 29.9 Å². The summed E-state index contributed by atoms with van der Waals surface area (Å²) in [6, 6.07) is 11.5. The van der Waals surface area contributed by atoms with Crippen LogP contribution in [-0.4, -0.2) is 25.1 Å². The fourth-order valence-electron chi connectivity index (χ4n) is 2.39. The summed E-state index contributed by atoms with van der Waals surface area (Å²) in [4.78, 5) is 11.5. The highest BCUT2D eigenvalue weighted by Crippen LogP contribution is 2.37. The van der Waals surface area contributed by atoms with Crippen LogP contribution in [0, 0.1) is 5.82 Å². The molecule has 3 N–H and O–H groups in total. The summed E-state index contributed by atoms with van der Waals surface area (Å²) >= 11 is 0. The Morgan fingerprint density at radius 3 is 2.27 bits per heavy atom. The zero-order valence-electron chi connectivity index (χ0n) is 13.6. The van der Waals surface area contributed by atoms with Crippen LogP contribution in [0.4, 0.5) is 4.39 Å². The molecule has 0 unspecified atom stereocenters. The molecule has 0 aromatic heterocycles. The number of carbonyl (C=O) groups is 1. The number of hydrogen-bond acceptors (Lipinski definition) is 5. The Hall–Kier alpha value is -2.49. The molecule has 1 aliphatic carbocycles. The van der Waals surface area contributed by atoms with Crippen molar-refractivity contribution in [3.8, 4) is 5.75 Å². The van der Waals surface area contributed by atoms with Crippen LogP contribution in [0.5, 0.6) is 5.75 Å². The topological polar surface area (TPSA) is 105 Å². The number of nitrogens with one attached hydrogen (secondary N) is 2. The molecular formula is C17H17FN2O5S. The molecule has 2 aromatic rings. The van der Waals surface area contributed by atoms with Crippen molar-refractivity contribution >= 4 is 15.9 Å². The molecule has 0 bridgehead atoms. The predicted octanol–water partition coefficient (Wildman–Crippen LogP) is 1.72. The maximum atomic E-state index is 12.9. The molecule has 0 atom stereocenters. The van der Waals surface area contributed by atoms with Crippen LogP contribution in [0.3, 0.4) is 0 Å². The summed E-state index contributed by atoms with van der Waals surface area (Å²) in [7, 11) is -3.92. The number of hydrogen-bond donors (Lipinski definition) is 3. The van der Waals surface area contributed by atoms with Crippen molar-refractivity contribution in [1.29, 1.82) is 0 Å². The largest absolute Gasteiger partial charge is 0.489 e. The van der Waals surface area contributed by atoms with E-state index in [0.717, 1.165) is 5.56 Å². The molecule has 0 aliphatic heterocycles. The normalized spacial score (nSPS) is 15.3. The molecule has 1 saturated carbocycles. The van der Waals surface area contributed by atoms with Crippen LogP contribution in [0.1, 0.15) is 18.4 Å². The molecule has 138 valence electrons. The fraction of sp³-hybridized carbons (Fsp3) is 0.235. The Bertz CT molecular complexity index is 894. The van der Waals surface area contributed by atoms with E-state index < -0.39 is 21.5 Å². The second kappa shape index (κ2) is 7.02. The number of halogens is 1. The lowest BCUT2D eigenvalue weighted by molar-refractivity contribution is -0.131.